The van der Waals surface area contributed by atoms with Crippen LogP contribution in [-0.4, -0.2) is 19.7 Å². The molecule has 0 radical (unpaired) electrons. The van der Waals surface area contributed by atoms with Gasteiger partial charge in [-0.25, -0.2) is 13.1 Å². The molecule has 0 aromatic rings. The highest BCUT2D eigenvalue weighted by molar-refractivity contribution is 7.90. The van der Waals surface area contributed by atoms with E-state index in [4.69, 9.17) is 0 Å². The van der Waals surface area contributed by atoms with Crippen LogP contribution < -0.4 is 4.72 Å². The summed E-state index contributed by atoms with van der Waals surface area (Å²) in [6.07, 6.45) is 6.63. The molecule has 0 aliphatic heterocycles. The quantitative estimate of drug-likeness (QED) is 0.780. The molecule has 2 aliphatic carbocycles. The first kappa shape index (κ1) is 12.4. The standard InChI is InChI=1S/C12H23NO2S/c1-9(2)12(8-10-4-3-5-10)13-16(14,15)11-6-7-11/h9-13H,3-8H2,1-2H3. The summed E-state index contributed by atoms with van der Waals surface area (Å²) in [5, 5.41) is -0.0878. The molecule has 2 aliphatic rings. The Bertz CT molecular complexity index is 329. The second-order valence-corrected chi connectivity index (χ2v) is 7.74. The molecule has 0 bridgehead atoms. The summed E-state index contributed by atoms with van der Waals surface area (Å²) in [6, 6.07) is 0.149. The van der Waals surface area contributed by atoms with E-state index in [1.54, 1.807) is 0 Å². The van der Waals surface area contributed by atoms with Gasteiger partial charge < -0.3 is 0 Å². The number of hydrogen-bond acceptors (Lipinski definition) is 2. The van der Waals surface area contributed by atoms with Crippen LogP contribution in [0.15, 0.2) is 0 Å². The molecule has 0 aromatic heterocycles. The van der Waals surface area contributed by atoms with E-state index in [0.717, 1.165) is 25.2 Å². The van der Waals surface area contributed by atoms with E-state index in [2.05, 4.69) is 18.6 Å². The average molecular weight is 245 g/mol. The zero-order chi connectivity index (χ0) is 11.8. The largest absolute Gasteiger partial charge is 0.214 e. The zero-order valence-electron chi connectivity index (χ0n) is 10.3. The Labute approximate surface area is 99.1 Å². The molecule has 16 heavy (non-hydrogen) atoms. The molecule has 4 heteroatoms. The summed E-state index contributed by atoms with van der Waals surface area (Å²) in [4.78, 5) is 0. The number of hydrogen-bond donors (Lipinski definition) is 1. The van der Waals surface area contributed by atoms with Crippen LogP contribution in [0.25, 0.3) is 0 Å². The highest BCUT2D eigenvalue weighted by Crippen LogP contribution is 2.33. The van der Waals surface area contributed by atoms with Crippen LogP contribution >= 0.6 is 0 Å². The van der Waals surface area contributed by atoms with Crippen molar-refractivity contribution in [1.29, 1.82) is 0 Å². The minimum absolute atomic E-state index is 0.0878. The van der Waals surface area contributed by atoms with E-state index >= 15 is 0 Å². The first-order valence-corrected chi connectivity index (χ1v) is 8.05. The summed E-state index contributed by atoms with van der Waals surface area (Å²) in [5.74, 6) is 1.16. The highest BCUT2D eigenvalue weighted by Gasteiger charge is 2.38. The zero-order valence-corrected chi connectivity index (χ0v) is 11.1. The average Bonchev–Trinajstić information content (AvgIpc) is 2.90. The maximum atomic E-state index is 11.9. The first-order chi connectivity index (χ1) is 7.49. The molecule has 0 aromatic carbocycles. The van der Waals surface area contributed by atoms with Gasteiger partial charge in [-0.05, 0) is 31.1 Å². The molecule has 2 fully saturated rings. The topological polar surface area (TPSA) is 46.2 Å². The van der Waals surface area contributed by atoms with Gasteiger partial charge in [-0.2, -0.15) is 0 Å². The van der Waals surface area contributed by atoms with Gasteiger partial charge in [0.2, 0.25) is 10.0 Å². The fourth-order valence-corrected chi connectivity index (χ4v) is 3.97. The SMILES string of the molecule is CC(C)C(CC1CCC1)NS(=O)(=O)C1CC1. The molecule has 0 spiro atoms. The van der Waals surface area contributed by atoms with E-state index in [1.807, 2.05) is 0 Å². The molecule has 0 heterocycles. The molecule has 0 amide bonds. The van der Waals surface area contributed by atoms with Crippen LogP contribution in [-0.2, 0) is 10.0 Å². The van der Waals surface area contributed by atoms with Gasteiger partial charge in [0.05, 0.1) is 5.25 Å². The third-order valence-corrected chi connectivity index (χ3v) is 5.88. The monoisotopic (exact) mass is 245 g/mol. The van der Waals surface area contributed by atoms with Crippen molar-refractivity contribution in [3.63, 3.8) is 0 Å². The lowest BCUT2D eigenvalue weighted by atomic mass is 9.79. The maximum absolute atomic E-state index is 11.9. The van der Waals surface area contributed by atoms with Gasteiger partial charge in [0.25, 0.3) is 0 Å². The summed E-state index contributed by atoms with van der Waals surface area (Å²) in [7, 11) is -3.01. The van der Waals surface area contributed by atoms with Crippen LogP contribution in [0.1, 0.15) is 52.4 Å². The third-order valence-electron chi connectivity index (χ3n) is 3.90. The van der Waals surface area contributed by atoms with Crippen molar-refractivity contribution in [2.75, 3.05) is 0 Å². The number of sulfonamides is 1. The lowest BCUT2D eigenvalue weighted by Gasteiger charge is -2.31. The van der Waals surface area contributed by atoms with E-state index in [-0.39, 0.29) is 11.3 Å². The minimum Gasteiger partial charge on any atom is -0.212 e. The second-order valence-electron chi connectivity index (χ2n) is 5.75. The molecule has 1 atom stereocenters. The summed E-state index contributed by atoms with van der Waals surface area (Å²) in [6.45, 7) is 4.22. The highest BCUT2D eigenvalue weighted by atomic mass is 32.2. The molecule has 2 saturated carbocycles. The van der Waals surface area contributed by atoms with E-state index in [1.165, 1.54) is 19.3 Å². The Morgan fingerprint density at radius 1 is 1.19 bits per heavy atom. The molecule has 2 rings (SSSR count). The van der Waals surface area contributed by atoms with E-state index in [0.29, 0.717) is 5.92 Å². The molecule has 94 valence electrons. The van der Waals surface area contributed by atoms with Gasteiger partial charge in [-0.15, -0.1) is 0 Å². The Kier molecular flexibility index (Phi) is 3.59. The Balaban J connectivity index is 1.90. The van der Waals surface area contributed by atoms with Crippen molar-refractivity contribution in [2.24, 2.45) is 11.8 Å². The summed E-state index contributed by atoms with van der Waals surface area (Å²) >= 11 is 0. The van der Waals surface area contributed by atoms with Gasteiger partial charge in [-0.1, -0.05) is 33.1 Å². The van der Waals surface area contributed by atoms with Crippen LogP contribution in [0.2, 0.25) is 0 Å². The molecule has 1 N–H and O–H groups in total. The van der Waals surface area contributed by atoms with Crippen molar-refractivity contribution >= 4 is 10.0 Å². The van der Waals surface area contributed by atoms with Gasteiger partial charge in [0.1, 0.15) is 0 Å². The van der Waals surface area contributed by atoms with Gasteiger partial charge in [0, 0.05) is 6.04 Å². The number of rotatable bonds is 6. The fourth-order valence-electron chi connectivity index (χ4n) is 2.23. The minimum atomic E-state index is -3.01. The van der Waals surface area contributed by atoms with Crippen LogP contribution in [0.5, 0.6) is 0 Å². The van der Waals surface area contributed by atoms with E-state index in [9.17, 15) is 8.42 Å². The predicted molar refractivity (Wildman–Crippen MR) is 65.7 cm³/mol. The van der Waals surface area contributed by atoms with E-state index < -0.39 is 10.0 Å². The first-order valence-electron chi connectivity index (χ1n) is 6.50. The fraction of sp³-hybridized carbons (Fsp3) is 1.00. The Hall–Kier alpha value is -0.0900. The number of nitrogens with one attached hydrogen (secondary N) is 1. The molecule has 1 unspecified atom stereocenters. The predicted octanol–water partition coefficient (Wildman–Crippen LogP) is 2.28. The molecule has 3 nitrogen and oxygen atoms in total. The van der Waals surface area contributed by atoms with Gasteiger partial charge >= 0.3 is 0 Å². The molecular weight excluding hydrogens is 222 g/mol. The second kappa shape index (κ2) is 4.65. The van der Waals surface area contributed by atoms with Gasteiger partial charge in [0.15, 0.2) is 0 Å². The Morgan fingerprint density at radius 3 is 2.19 bits per heavy atom. The maximum Gasteiger partial charge on any atom is 0.214 e. The van der Waals surface area contributed by atoms with Crippen molar-refractivity contribution in [1.82, 2.24) is 4.72 Å². The molecule has 0 saturated heterocycles. The van der Waals surface area contributed by atoms with Crippen LogP contribution in [0.3, 0.4) is 0 Å². The summed E-state index contributed by atoms with van der Waals surface area (Å²) < 4.78 is 26.7. The van der Waals surface area contributed by atoms with Gasteiger partial charge in [-0.3, -0.25) is 0 Å². The Morgan fingerprint density at radius 2 is 1.81 bits per heavy atom. The third kappa shape index (κ3) is 2.98. The molecular formula is C12H23NO2S. The summed E-state index contributed by atoms with van der Waals surface area (Å²) in [5.41, 5.74) is 0. The van der Waals surface area contributed by atoms with Crippen LogP contribution in [0.4, 0.5) is 0 Å². The van der Waals surface area contributed by atoms with Crippen molar-refractivity contribution in [3.05, 3.63) is 0 Å². The van der Waals surface area contributed by atoms with Crippen molar-refractivity contribution in [3.8, 4) is 0 Å². The lowest BCUT2D eigenvalue weighted by molar-refractivity contribution is 0.247. The smallest absolute Gasteiger partial charge is 0.212 e. The van der Waals surface area contributed by atoms with Crippen molar-refractivity contribution < 1.29 is 8.42 Å². The van der Waals surface area contributed by atoms with Crippen molar-refractivity contribution in [2.45, 2.75) is 63.7 Å². The van der Waals surface area contributed by atoms with Crippen LogP contribution in [0, 0.1) is 11.8 Å². The lowest BCUT2D eigenvalue weighted by Crippen LogP contribution is -2.42. The normalized spacial score (nSPS) is 24.4.